The summed E-state index contributed by atoms with van der Waals surface area (Å²) in [5, 5.41) is 15.2. The molecule has 0 aromatic carbocycles. The van der Waals surface area contributed by atoms with Crippen LogP contribution in [-0.2, 0) is 0 Å². The molecule has 0 atom stereocenters. The van der Waals surface area contributed by atoms with Crippen LogP contribution in [0.2, 0.25) is 0 Å². The van der Waals surface area contributed by atoms with E-state index in [0.29, 0.717) is 6.54 Å². The van der Waals surface area contributed by atoms with E-state index in [1.54, 1.807) is 0 Å². The molecule has 1 aromatic heterocycles. The lowest BCUT2D eigenvalue weighted by atomic mass is 10.3. The number of carbonyl (C=O) groups excluding carboxylic acids is 1. The number of nitrogens with one attached hydrogen (secondary N) is 2. The molecule has 1 aromatic rings. The summed E-state index contributed by atoms with van der Waals surface area (Å²) in [6, 6.07) is 0. The molecule has 1 amide bonds. The molecule has 12 heavy (non-hydrogen) atoms. The number of nitrogens with zero attached hydrogens (tertiary/aromatic N) is 3. The SMILES string of the molecule is CCCCNC(=O)c1nn[nH]n1. The summed E-state index contributed by atoms with van der Waals surface area (Å²) in [6.45, 7) is 2.71. The highest BCUT2D eigenvalue weighted by Crippen LogP contribution is 1.86. The Morgan fingerprint density at radius 3 is 3.08 bits per heavy atom. The average Bonchev–Trinajstić information content (AvgIpc) is 2.56. The Kier molecular flexibility index (Phi) is 3.18. The number of hydrogen-bond donors (Lipinski definition) is 2. The average molecular weight is 169 g/mol. The van der Waals surface area contributed by atoms with E-state index in [-0.39, 0.29) is 11.7 Å². The van der Waals surface area contributed by atoms with Crippen LogP contribution in [-0.4, -0.2) is 33.1 Å². The minimum absolute atomic E-state index is 0.0890. The van der Waals surface area contributed by atoms with Crippen LogP contribution in [0, 0.1) is 0 Å². The maximum atomic E-state index is 11.1. The number of aromatic nitrogens is 4. The molecule has 0 fully saturated rings. The van der Waals surface area contributed by atoms with E-state index in [0.717, 1.165) is 12.8 Å². The first-order chi connectivity index (χ1) is 5.84. The second kappa shape index (κ2) is 4.42. The number of aromatic amines is 1. The van der Waals surface area contributed by atoms with Crippen LogP contribution in [0.15, 0.2) is 0 Å². The highest BCUT2D eigenvalue weighted by molar-refractivity contribution is 5.89. The van der Waals surface area contributed by atoms with Crippen molar-refractivity contribution in [3.63, 3.8) is 0 Å². The summed E-state index contributed by atoms with van der Waals surface area (Å²) < 4.78 is 0. The first-order valence-electron chi connectivity index (χ1n) is 3.86. The molecule has 0 aliphatic heterocycles. The van der Waals surface area contributed by atoms with Crippen molar-refractivity contribution in [2.45, 2.75) is 19.8 Å². The molecule has 6 heteroatoms. The van der Waals surface area contributed by atoms with E-state index in [4.69, 9.17) is 0 Å². The number of unbranched alkanes of at least 4 members (excludes halogenated alkanes) is 1. The van der Waals surface area contributed by atoms with Gasteiger partial charge >= 0.3 is 0 Å². The van der Waals surface area contributed by atoms with E-state index >= 15 is 0 Å². The minimum atomic E-state index is -0.280. The molecular formula is C6H11N5O. The molecule has 66 valence electrons. The molecule has 1 heterocycles. The fourth-order valence-electron chi connectivity index (χ4n) is 0.716. The van der Waals surface area contributed by atoms with Crippen molar-refractivity contribution in [1.29, 1.82) is 0 Å². The number of rotatable bonds is 4. The van der Waals surface area contributed by atoms with E-state index in [9.17, 15) is 4.79 Å². The molecule has 0 radical (unpaired) electrons. The van der Waals surface area contributed by atoms with Crippen molar-refractivity contribution in [1.82, 2.24) is 25.9 Å². The topological polar surface area (TPSA) is 83.6 Å². The van der Waals surface area contributed by atoms with Gasteiger partial charge in [-0.15, -0.1) is 10.2 Å². The predicted molar refractivity (Wildman–Crippen MR) is 41.4 cm³/mol. The van der Waals surface area contributed by atoms with Gasteiger partial charge in [-0.05, 0) is 11.6 Å². The number of carbonyl (C=O) groups is 1. The van der Waals surface area contributed by atoms with Gasteiger partial charge in [0.05, 0.1) is 0 Å². The third-order valence-electron chi connectivity index (χ3n) is 1.36. The zero-order valence-corrected chi connectivity index (χ0v) is 6.87. The second-order valence-electron chi connectivity index (χ2n) is 2.34. The fraction of sp³-hybridized carbons (Fsp3) is 0.667. The summed E-state index contributed by atoms with van der Waals surface area (Å²) in [5.74, 6) is -0.191. The molecule has 2 N–H and O–H groups in total. The molecule has 0 bridgehead atoms. The molecular weight excluding hydrogens is 158 g/mol. The Bertz CT molecular complexity index is 232. The van der Waals surface area contributed by atoms with Crippen LogP contribution in [0.3, 0.4) is 0 Å². The van der Waals surface area contributed by atoms with Crippen LogP contribution >= 0.6 is 0 Å². The van der Waals surface area contributed by atoms with Crippen LogP contribution in [0.1, 0.15) is 30.4 Å². The molecule has 0 spiro atoms. The third-order valence-corrected chi connectivity index (χ3v) is 1.36. The summed E-state index contributed by atoms with van der Waals surface area (Å²) in [7, 11) is 0. The van der Waals surface area contributed by atoms with Crippen LogP contribution in [0.4, 0.5) is 0 Å². The van der Waals surface area contributed by atoms with Crippen molar-refractivity contribution in [2.75, 3.05) is 6.54 Å². The summed E-state index contributed by atoms with van der Waals surface area (Å²) in [5.41, 5.74) is 0. The van der Waals surface area contributed by atoms with Gasteiger partial charge in [-0.3, -0.25) is 4.79 Å². The summed E-state index contributed by atoms with van der Waals surface area (Å²) in [6.07, 6.45) is 2.01. The Morgan fingerprint density at radius 1 is 1.67 bits per heavy atom. The zero-order chi connectivity index (χ0) is 8.81. The fourth-order valence-corrected chi connectivity index (χ4v) is 0.716. The van der Waals surface area contributed by atoms with Crippen molar-refractivity contribution in [3.8, 4) is 0 Å². The number of H-pyrrole nitrogens is 1. The van der Waals surface area contributed by atoms with Gasteiger partial charge in [0.2, 0.25) is 0 Å². The quantitative estimate of drug-likeness (QED) is 0.608. The Balaban J connectivity index is 2.30. The second-order valence-corrected chi connectivity index (χ2v) is 2.34. The Labute approximate surface area is 69.7 Å². The lowest BCUT2D eigenvalue weighted by Crippen LogP contribution is -2.25. The van der Waals surface area contributed by atoms with E-state index in [1.807, 2.05) is 0 Å². The zero-order valence-electron chi connectivity index (χ0n) is 6.87. The van der Waals surface area contributed by atoms with Gasteiger partial charge in [0.15, 0.2) is 0 Å². The maximum absolute atomic E-state index is 11.1. The Hall–Kier alpha value is -1.46. The smallest absolute Gasteiger partial charge is 0.292 e. The van der Waals surface area contributed by atoms with Crippen molar-refractivity contribution in [3.05, 3.63) is 5.82 Å². The third kappa shape index (κ3) is 2.30. The van der Waals surface area contributed by atoms with Crippen molar-refractivity contribution >= 4 is 5.91 Å². The maximum Gasteiger partial charge on any atom is 0.292 e. The molecule has 0 unspecified atom stereocenters. The molecule has 0 aliphatic carbocycles. The molecule has 0 aliphatic rings. The van der Waals surface area contributed by atoms with Crippen molar-refractivity contribution in [2.24, 2.45) is 0 Å². The van der Waals surface area contributed by atoms with Crippen LogP contribution < -0.4 is 5.32 Å². The van der Waals surface area contributed by atoms with Gasteiger partial charge in [-0.1, -0.05) is 13.3 Å². The first-order valence-corrected chi connectivity index (χ1v) is 3.86. The van der Waals surface area contributed by atoms with Crippen molar-refractivity contribution < 1.29 is 4.79 Å². The van der Waals surface area contributed by atoms with Gasteiger partial charge in [0.25, 0.3) is 11.7 Å². The number of hydrogen-bond acceptors (Lipinski definition) is 4. The predicted octanol–water partition coefficient (Wildman–Crippen LogP) is -0.270. The normalized spacial score (nSPS) is 9.75. The lowest BCUT2D eigenvalue weighted by molar-refractivity contribution is 0.0943. The van der Waals surface area contributed by atoms with Crippen LogP contribution in [0.25, 0.3) is 0 Å². The van der Waals surface area contributed by atoms with Gasteiger partial charge < -0.3 is 5.32 Å². The molecule has 1 rings (SSSR count). The van der Waals surface area contributed by atoms with Crippen LogP contribution in [0.5, 0.6) is 0 Å². The molecule has 6 nitrogen and oxygen atoms in total. The van der Waals surface area contributed by atoms with E-state index in [2.05, 4.69) is 32.9 Å². The highest BCUT2D eigenvalue weighted by Gasteiger charge is 2.08. The van der Waals surface area contributed by atoms with Gasteiger partial charge in [0.1, 0.15) is 0 Å². The largest absolute Gasteiger partial charge is 0.349 e. The molecule has 0 saturated heterocycles. The number of tetrazole rings is 1. The minimum Gasteiger partial charge on any atom is -0.349 e. The summed E-state index contributed by atoms with van der Waals surface area (Å²) >= 11 is 0. The van der Waals surface area contributed by atoms with Gasteiger partial charge in [0, 0.05) is 6.54 Å². The van der Waals surface area contributed by atoms with E-state index < -0.39 is 0 Å². The lowest BCUT2D eigenvalue weighted by Gasteiger charge is -1.98. The van der Waals surface area contributed by atoms with Gasteiger partial charge in [-0.25, -0.2) is 0 Å². The number of amides is 1. The van der Waals surface area contributed by atoms with Gasteiger partial charge in [-0.2, -0.15) is 5.21 Å². The highest BCUT2D eigenvalue weighted by atomic mass is 16.2. The standard InChI is InChI=1S/C6H11N5O/c1-2-3-4-7-6(12)5-8-10-11-9-5/h2-4H2,1H3,(H,7,12)(H,8,9,10,11). The monoisotopic (exact) mass is 169 g/mol. The Morgan fingerprint density at radius 2 is 2.50 bits per heavy atom. The first kappa shape index (κ1) is 8.63. The van der Waals surface area contributed by atoms with E-state index in [1.165, 1.54) is 0 Å². The molecule has 0 saturated carbocycles. The summed E-state index contributed by atoms with van der Waals surface area (Å²) in [4.78, 5) is 11.1.